The van der Waals surface area contributed by atoms with Gasteiger partial charge in [-0.25, -0.2) is 0 Å². The maximum Gasteiger partial charge on any atom is 0.238 e. The van der Waals surface area contributed by atoms with Crippen molar-refractivity contribution in [1.82, 2.24) is 4.90 Å². The SMILES string of the molecule is COc1cccc(NC(=O)CN(C)CCC(N)=S)c1. The molecule has 0 bridgehead atoms. The number of carbonyl (C=O) groups is 1. The number of ether oxygens (including phenoxy) is 1. The highest BCUT2D eigenvalue weighted by atomic mass is 32.1. The second-order valence-electron chi connectivity index (χ2n) is 4.23. The summed E-state index contributed by atoms with van der Waals surface area (Å²) in [6, 6.07) is 7.23. The molecule has 0 saturated carbocycles. The van der Waals surface area contributed by atoms with E-state index in [-0.39, 0.29) is 5.91 Å². The largest absolute Gasteiger partial charge is 0.497 e. The molecule has 0 aromatic heterocycles. The van der Waals surface area contributed by atoms with Gasteiger partial charge < -0.3 is 15.8 Å². The number of amides is 1. The number of rotatable bonds is 7. The van der Waals surface area contributed by atoms with Crippen molar-refractivity contribution in [3.05, 3.63) is 24.3 Å². The number of thiocarbonyl (C=S) groups is 1. The maximum atomic E-state index is 11.8. The number of nitrogens with one attached hydrogen (secondary N) is 1. The van der Waals surface area contributed by atoms with Gasteiger partial charge in [0.15, 0.2) is 0 Å². The summed E-state index contributed by atoms with van der Waals surface area (Å²) < 4.78 is 5.09. The molecule has 0 aliphatic rings. The van der Waals surface area contributed by atoms with Gasteiger partial charge in [0.1, 0.15) is 5.75 Å². The Hall–Kier alpha value is -1.66. The summed E-state index contributed by atoms with van der Waals surface area (Å²) in [7, 11) is 3.44. The van der Waals surface area contributed by atoms with Crippen molar-refractivity contribution in [3.63, 3.8) is 0 Å². The molecule has 19 heavy (non-hydrogen) atoms. The van der Waals surface area contributed by atoms with E-state index >= 15 is 0 Å². The van der Waals surface area contributed by atoms with Crippen LogP contribution in [-0.2, 0) is 4.79 Å². The third-order valence-electron chi connectivity index (χ3n) is 2.51. The van der Waals surface area contributed by atoms with Crippen LogP contribution in [0.4, 0.5) is 5.69 Å². The molecule has 0 aliphatic carbocycles. The zero-order valence-electron chi connectivity index (χ0n) is 11.2. The van der Waals surface area contributed by atoms with Gasteiger partial charge >= 0.3 is 0 Å². The third-order valence-corrected chi connectivity index (χ3v) is 2.71. The molecule has 0 spiro atoms. The molecule has 6 heteroatoms. The first-order chi connectivity index (χ1) is 9.01. The van der Waals surface area contributed by atoms with Crippen LogP contribution in [0, 0.1) is 0 Å². The minimum atomic E-state index is -0.0845. The van der Waals surface area contributed by atoms with Gasteiger partial charge in [0.25, 0.3) is 0 Å². The molecule has 0 heterocycles. The highest BCUT2D eigenvalue weighted by Gasteiger charge is 2.07. The van der Waals surface area contributed by atoms with E-state index < -0.39 is 0 Å². The van der Waals surface area contributed by atoms with E-state index in [1.54, 1.807) is 13.2 Å². The Balaban J connectivity index is 2.43. The third kappa shape index (κ3) is 6.17. The van der Waals surface area contributed by atoms with E-state index in [1.165, 1.54) is 0 Å². The van der Waals surface area contributed by atoms with Crippen LogP contribution in [0.15, 0.2) is 24.3 Å². The zero-order chi connectivity index (χ0) is 14.3. The van der Waals surface area contributed by atoms with Gasteiger partial charge in [-0.05, 0) is 19.2 Å². The van der Waals surface area contributed by atoms with Crippen LogP contribution in [-0.4, -0.2) is 43.0 Å². The lowest BCUT2D eigenvalue weighted by molar-refractivity contribution is -0.117. The fourth-order valence-corrected chi connectivity index (χ4v) is 1.62. The summed E-state index contributed by atoms with van der Waals surface area (Å²) in [6.07, 6.45) is 0.609. The lowest BCUT2D eigenvalue weighted by Gasteiger charge is -2.15. The molecule has 0 aliphatic heterocycles. The average Bonchev–Trinajstić information content (AvgIpc) is 2.36. The van der Waals surface area contributed by atoms with Crippen molar-refractivity contribution >= 4 is 28.8 Å². The van der Waals surface area contributed by atoms with Crippen molar-refractivity contribution in [3.8, 4) is 5.75 Å². The van der Waals surface area contributed by atoms with Crippen molar-refractivity contribution in [2.45, 2.75) is 6.42 Å². The second-order valence-corrected chi connectivity index (χ2v) is 4.76. The fraction of sp³-hybridized carbons (Fsp3) is 0.385. The number of hydrogen-bond donors (Lipinski definition) is 2. The van der Waals surface area contributed by atoms with Crippen LogP contribution in [0.5, 0.6) is 5.75 Å². The van der Waals surface area contributed by atoms with Crippen LogP contribution in [0.25, 0.3) is 0 Å². The summed E-state index contributed by atoms with van der Waals surface area (Å²) in [5, 5.41) is 2.81. The molecule has 1 aromatic carbocycles. The van der Waals surface area contributed by atoms with Crippen LogP contribution in [0.1, 0.15) is 6.42 Å². The molecule has 1 rings (SSSR count). The van der Waals surface area contributed by atoms with Crippen LogP contribution >= 0.6 is 12.2 Å². The maximum absolute atomic E-state index is 11.8. The Morgan fingerprint density at radius 2 is 2.26 bits per heavy atom. The molecule has 3 N–H and O–H groups in total. The topological polar surface area (TPSA) is 67.6 Å². The number of methoxy groups -OCH3 is 1. The summed E-state index contributed by atoms with van der Waals surface area (Å²) in [5.74, 6) is 0.623. The van der Waals surface area contributed by atoms with Crippen LogP contribution in [0.3, 0.4) is 0 Å². The molecule has 1 aromatic rings. The monoisotopic (exact) mass is 281 g/mol. The van der Waals surface area contributed by atoms with E-state index in [9.17, 15) is 4.79 Å². The molecular weight excluding hydrogens is 262 g/mol. The lowest BCUT2D eigenvalue weighted by Crippen LogP contribution is -2.32. The molecule has 5 nitrogen and oxygen atoms in total. The quantitative estimate of drug-likeness (QED) is 0.736. The van der Waals surface area contributed by atoms with Gasteiger partial charge in [-0.15, -0.1) is 0 Å². The smallest absolute Gasteiger partial charge is 0.238 e. The summed E-state index contributed by atoms with van der Waals surface area (Å²) in [5.41, 5.74) is 6.13. The van der Waals surface area contributed by atoms with E-state index in [2.05, 4.69) is 5.32 Å². The highest BCUT2D eigenvalue weighted by molar-refractivity contribution is 7.80. The fourth-order valence-electron chi connectivity index (χ4n) is 1.53. The van der Waals surface area contributed by atoms with Gasteiger partial charge in [0.2, 0.25) is 5.91 Å². The Labute approximate surface area is 118 Å². The van der Waals surface area contributed by atoms with E-state index in [0.717, 1.165) is 0 Å². The number of carbonyl (C=O) groups excluding carboxylic acids is 1. The van der Waals surface area contributed by atoms with Crippen LogP contribution < -0.4 is 15.8 Å². The summed E-state index contributed by atoms with van der Waals surface area (Å²) >= 11 is 4.80. The minimum Gasteiger partial charge on any atom is -0.497 e. The average molecular weight is 281 g/mol. The number of likely N-dealkylation sites (N-methyl/N-ethyl adjacent to an activating group) is 1. The molecule has 1 amide bonds. The molecule has 0 atom stereocenters. The van der Waals surface area contributed by atoms with E-state index in [4.69, 9.17) is 22.7 Å². The summed E-state index contributed by atoms with van der Waals surface area (Å²) in [4.78, 5) is 14.1. The number of nitrogens with two attached hydrogens (primary N) is 1. The van der Waals surface area contributed by atoms with Crippen molar-refractivity contribution in [1.29, 1.82) is 0 Å². The van der Waals surface area contributed by atoms with E-state index in [1.807, 2.05) is 30.1 Å². The van der Waals surface area contributed by atoms with Gasteiger partial charge in [-0.1, -0.05) is 18.3 Å². The minimum absolute atomic E-state index is 0.0845. The molecule has 0 unspecified atom stereocenters. The normalized spacial score (nSPS) is 10.3. The molecule has 0 radical (unpaired) electrons. The lowest BCUT2D eigenvalue weighted by atomic mass is 10.3. The Morgan fingerprint density at radius 3 is 2.89 bits per heavy atom. The Morgan fingerprint density at radius 1 is 1.53 bits per heavy atom. The van der Waals surface area contributed by atoms with Gasteiger partial charge in [0.05, 0.1) is 18.6 Å². The Kier molecular flexibility index (Phi) is 6.24. The summed E-state index contributed by atoms with van der Waals surface area (Å²) in [6.45, 7) is 0.959. The van der Waals surface area contributed by atoms with Crippen molar-refractivity contribution < 1.29 is 9.53 Å². The van der Waals surface area contributed by atoms with E-state index in [0.29, 0.717) is 35.9 Å². The predicted octanol–water partition coefficient (Wildman–Crippen LogP) is 1.24. The van der Waals surface area contributed by atoms with Gasteiger partial charge in [-0.3, -0.25) is 9.69 Å². The molecular formula is C13H19N3O2S. The first-order valence-electron chi connectivity index (χ1n) is 5.92. The van der Waals surface area contributed by atoms with Crippen molar-refractivity contribution in [2.24, 2.45) is 5.73 Å². The van der Waals surface area contributed by atoms with Gasteiger partial charge in [0, 0.05) is 24.7 Å². The molecule has 104 valence electrons. The zero-order valence-corrected chi connectivity index (χ0v) is 12.0. The number of hydrogen-bond acceptors (Lipinski definition) is 4. The number of benzene rings is 1. The van der Waals surface area contributed by atoms with Gasteiger partial charge in [-0.2, -0.15) is 0 Å². The number of nitrogens with zero attached hydrogens (tertiary/aromatic N) is 1. The second kappa shape index (κ2) is 7.70. The Bertz CT molecular complexity index is 451. The first-order valence-corrected chi connectivity index (χ1v) is 6.33. The highest BCUT2D eigenvalue weighted by Crippen LogP contribution is 2.16. The standard InChI is InChI=1S/C13H19N3O2S/c1-16(7-6-12(14)19)9-13(17)15-10-4-3-5-11(8-10)18-2/h3-5,8H,6-7,9H2,1-2H3,(H2,14,19)(H,15,17). The van der Waals surface area contributed by atoms with Crippen molar-refractivity contribution in [2.75, 3.05) is 32.6 Å². The molecule has 0 fully saturated rings. The first kappa shape index (κ1) is 15.4. The number of anilines is 1. The molecule has 0 saturated heterocycles. The predicted molar refractivity (Wildman–Crippen MR) is 80.5 cm³/mol. The van der Waals surface area contributed by atoms with Crippen LogP contribution in [0.2, 0.25) is 0 Å².